The molecule has 2 rings (SSSR count). The van der Waals surface area contributed by atoms with Crippen LogP contribution in [0, 0.1) is 13.8 Å². The second-order valence-electron chi connectivity index (χ2n) is 5.78. The molecule has 0 radical (unpaired) electrons. The number of aromatic nitrogens is 1. The normalized spacial score (nSPS) is 17.2. The standard InChI is InChI=1S/C15H22N2O3/c1-9-12(11(3)19)10(2)16-13(9)14(20)17-15(8-18)6-4-5-7-15/h16,18H,4-8H2,1-3H3,(H,17,20). The van der Waals surface area contributed by atoms with Crippen molar-refractivity contribution in [2.75, 3.05) is 6.61 Å². The monoisotopic (exact) mass is 278 g/mol. The number of ketones is 1. The van der Waals surface area contributed by atoms with Gasteiger partial charge in [-0.05, 0) is 39.2 Å². The third kappa shape index (κ3) is 2.50. The van der Waals surface area contributed by atoms with Crippen LogP contribution in [0.25, 0.3) is 0 Å². The molecule has 1 aromatic heterocycles. The van der Waals surface area contributed by atoms with Gasteiger partial charge in [0, 0.05) is 11.3 Å². The summed E-state index contributed by atoms with van der Waals surface area (Å²) in [5.74, 6) is -0.290. The highest BCUT2D eigenvalue weighted by molar-refractivity contribution is 6.02. The van der Waals surface area contributed by atoms with Crippen LogP contribution < -0.4 is 5.32 Å². The zero-order chi connectivity index (χ0) is 14.9. The Bertz CT molecular complexity index is 540. The van der Waals surface area contributed by atoms with Crippen molar-refractivity contribution in [1.82, 2.24) is 10.3 Å². The molecule has 1 amide bonds. The van der Waals surface area contributed by atoms with Crippen LogP contribution in [-0.4, -0.2) is 33.9 Å². The molecule has 1 aliphatic rings. The molecule has 1 saturated carbocycles. The second kappa shape index (κ2) is 5.40. The fourth-order valence-electron chi connectivity index (χ4n) is 3.18. The summed E-state index contributed by atoms with van der Waals surface area (Å²) in [6.07, 6.45) is 3.63. The molecule has 0 bridgehead atoms. The number of Topliss-reactive ketones (excluding diaryl/α,β-unsaturated/α-hetero) is 1. The number of rotatable bonds is 4. The highest BCUT2D eigenvalue weighted by Gasteiger charge is 2.35. The molecule has 1 heterocycles. The van der Waals surface area contributed by atoms with Crippen molar-refractivity contribution in [1.29, 1.82) is 0 Å². The summed E-state index contributed by atoms with van der Waals surface area (Å²) in [5.41, 5.74) is 1.90. The van der Waals surface area contributed by atoms with Gasteiger partial charge >= 0.3 is 0 Å². The molecule has 1 fully saturated rings. The first-order valence-electron chi connectivity index (χ1n) is 7.04. The first kappa shape index (κ1) is 14.8. The van der Waals surface area contributed by atoms with Crippen LogP contribution in [0.1, 0.15) is 64.7 Å². The number of aromatic amines is 1. The third-order valence-electron chi connectivity index (χ3n) is 4.26. The average molecular weight is 278 g/mol. The van der Waals surface area contributed by atoms with E-state index in [9.17, 15) is 14.7 Å². The number of amides is 1. The molecule has 20 heavy (non-hydrogen) atoms. The summed E-state index contributed by atoms with van der Waals surface area (Å²) < 4.78 is 0. The van der Waals surface area contributed by atoms with E-state index in [1.54, 1.807) is 13.8 Å². The predicted molar refractivity (Wildman–Crippen MR) is 76.0 cm³/mol. The van der Waals surface area contributed by atoms with Crippen LogP contribution in [0.4, 0.5) is 0 Å². The Morgan fingerprint density at radius 2 is 1.90 bits per heavy atom. The number of aliphatic hydroxyl groups excluding tert-OH is 1. The van der Waals surface area contributed by atoms with Crippen molar-refractivity contribution in [2.45, 2.75) is 52.0 Å². The molecule has 5 nitrogen and oxygen atoms in total. The van der Waals surface area contributed by atoms with Gasteiger partial charge in [0.25, 0.3) is 5.91 Å². The van der Waals surface area contributed by atoms with Gasteiger partial charge in [-0.3, -0.25) is 9.59 Å². The Labute approximate surface area is 118 Å². The zero-order valence-electron chi connectivity index (χ0n) is 12.3. The maximum atomic E-state index is 12.4. The molecule has 5 heteroatoms. The fraction of sp³-hybridized carbons (Fsp3) is 0.600. The van der Waals surface area contributed by atoms with Gasteiger partial charge in [-0.15, -0.1) is 0 Å². The van der Waals surface area contributed by atoms with Crippen molar-refractivity contribution < 1.29 is 14.7 Å². The lowest BCUT2D eigenvalue weighted by molar-refractivity contribution is 0.0833. The summed E-state index contributed by atoms with van der Waals surface area (Å²) in [6.45, 7) is 5.02. The summed E-state index contributed by atoms with van der Waals surface area (Å²) in [5, 5.41) is 12.5. The van der Waals surface area contributed by atoms with Crippen LogP contribution >= 0.6 is 0 Å². The summed E-state index contributed by atoms with van der Waals surface area (Å²) in [7, 11) is 0. The molecule has 110 valence electrons. The van der Waals surface area contributed by atoms with E-state index in [2.05, 4.69) is 10.3 Å². The van der Waals surface area contributed by atoms with Gasteiger partial charge in [0.2, 0.25) is 0 Å². The van der Waals surface area contributed by atoms with Crippen molar-refractivity contribution in [2.24, 2.45) is 0 Å². The summed E-state index contributed by atoms with van der Waals surface area (Å²) >= 11 is 0. The van der Waals surface area contributed by atoms with Gasteiger partial charge in [-0.25, -0.2) is 0 Å². The Hall–Kier alpha value is -1.62. The van der Waals surface area contributed by atoms with Crippen molar-refractivity contribution >= 4 is 11.7 Å². The number of carbonyl (C=O) groups is 2. The third-order valence-corrected chi connectivity index (χ3v) is 4.26. The van der Waals surface area contributed by atoms with E-state index < -0.39 is 5.54 Å². The maximum absolute atomic E-state index is 12.4. The second-order valence-corrected chi connectivity index (χ2v) is 5.78. The zero-order valence-corrected chi connectivity index (χ0v) is 12.3. The molecule has 3 N–H and O–H groups in total. The number of carbonyl (C=O) groups excluding carboxylic acids is 2. The number of aryl methyl sites for hydroxylation is 1. The highest BCUT2D eigenvalue weighted by Crippen LogP contribution is 2.30. The Morgan fingerprint density at radius 3 is 2.35 bits per heavy atom. The molecule has 1 aromatic rings. The Morgan fingerprint density at radius 1 is 1.30 bits per heavy atom. The number of hydrogen-bond acceptors (Lipinski definition) is 3. The maximum Gasteiger partial charge on any atom is 0.268 e. The van der Waals surface area contributed by atoms with E-state index >= 15 is 0 Å². The Kier molecular flexibility index (Phi) is 3.99. The van der Waals surface area contributed by atoms with E-state index in [1.807, 2.05) is 0 Å². The largest absolute Gasteiger partial charge is 0.394 e. The molecule has 0 aliphatic heterocycles. The van der Waals surface area contributed by atoms with Crippen LogP contribution in [0.3, 0.4) is 0 Å². The number of aliphatic hydroxyl groups is 1. The molecule has 0 aromatic carbocycles. The van der Waals surface area contributed by atoms with Crippen LogP contribution in [0.15, 0.2) is 0 Å². The van der Waals surface area contributed by atoms with Gasteiger partial charge < -0.3 is 15.4 Å². The van der Waals surface area contributed by atoms with E-state index in [0.717, 1.165) is 25.7 Å². The molecule has 0 atom stereocenters. The van der Waals surface area contributed by atoms with E-state index in [0.29, 0.717) is 22.5 Å². The molecule has 0 saturated heterocycles. The van der Waals surface area contributed by atoms with Crippen LogP contribution in [0.5, 0.6) is 0 Å². The minimum Gasteiger partial charge on any atom is -0.394 e. The molecule has 0 unspecified atom stereocenters. The SMILES string of the molecule is CC(=O)c1c(C)[nH]c(C(=O)NC2(CO)CCCC2)c1C. The van der Waals surface area contributed by atoms with Gasteiger partial charge in [-0.2, -0.15) is 0 Å². The lowest BCUT2D eigenvalue weighted by atomic mass is 9.98. The van der Waals surface area contributed by atoms with E-state index in [1.165, 1.54) is 6.92 Å². The molecule has 0 spiro atoms. The number of H-pyrrole nitrogens is 1. The summed E-state index contributed by atoms with van der Waals surface area (Å²) in [4.78, 5) is 27.0. The number of nitrogens with one attached hydrogen (secondary N) is 2. The Balaban J connectivity index is 2.26. The molecular formula is C15H22N2O3. The topological polar surface area (TPSA) is 82.2 Å². The smallest absolute Gasteiger partial charge is 0.268 e. The lowest BCUT2D eigenvalue weighted by Gasteiger charge is -2.27. The van der Waals surface area contributed by atoms with E-state index in [4.69, 9.17) is 0 Å². The minimum atomic E-state index is -0.501. The van der Waals surface area contributed by atoms with E-state index in [-0.39, 0.29) is 18.3 Å². The van der Waals surface area contributed by atoms with Gasteiger partial charge in [0.15, 0.2) is 5.78 Å². The van der Waals surface area contributed by atoms with Crippen molar-refractivity contribution in [3.8, 4) is 0 Å². The first-order valence-corrected chi connectivity index (χ1v) is 7.04. The highest BCUT2D eigenvalue weighted by atomic mass is 16.3. The fourth-order valence-corrected chi connectivity index (χ4v) is 3.18. The van der Waals surface area contributed by atoms with Crippen LogP contribution in [0.2, 0.25) is 0 Å². The van der Waals surface area contributed by atoms with Gasteiger partial charge in [0.1, 0.15) is 5.69 Å². The average Bonchev–Trinajstić information content (AvgIpc) is 2.95. The minimum absolute atomic E-state index is 0.0446. The van der Waals surface area contributed by atoms with Gasteiger partial charge in [0.05, 0.1) is 12.1 Å². The first-order chi connectivity index (χ1) is 9.40. The van der Waals surface area contributed by atoms with Crippen molar-refractivity contribution in [3.05, 3.63) is 22.5 Å². The summed E-state index contributed by atoms with van der Waals surface area (Å²) in [6, 6.07) is 0. The quantitative estimate of drug-likeness (QED) is 0.735. The molecular weight excluding hydrogens is 256 g/mol. The van der Waals surface area contributed by atoms with Gasteiger partial charge in [-0.1, -0.05) is 12.8 Å². The van der Waals surface area contributed by atoms with Crippen molar-refractivity contribution in [3.63, 3.8) is 0 Å². The van der Waals surface area contributed by atoms with Crippen LogP contribution in [-0.2, 0) is 0 Å². The lowest BCUT2D eigenvalue weighted by Crippen LogP contribution is -2.49. The molecule has 1 aliphatic carbocycles. The number of hydrogen-bond donors (Lipinski definition) is 3. The predicted octanol–water partition coefficient (Wildman–Crippen LogP) is 1.87.